The second-order valence-corrected chi connectivity index (χ2v) is 8.51. The fourth-order valence-electron chi connectivity index (χ4n) is 4.49. The average Bonchev–Trinajstić information content (AvgIpc) is 3.25. The number of nitrogens with one attached hydrogen (secondary N) is 2. The van der Waals surface area contributed by atoms with Gasteiger partial charge in [0.25, 0.3) is 0 Å². The van der Waals surface area contributed by atoms with Crippen LogP contribution in [0.3, 0.4) is 0 Å². The third-order valence-corrected chi connectivity index (χ3v) is 6.40. The third-order valence-electron chi connectivity index (χ3n) is 6.07. The molecule has 2 N–H and O–H groups in total. The highest BCUT2D eigenvalue weighted by molar-refractivity contribution is 6.31. The molecule has 2 fully saturated rings. The third kappa shape index (κ3) is 6.06. The van der Waals surface area contributed by atoms with E-state index in [2.05, 4.69) is 32.3 Å². The first-order valence-corrected chi connectivity index (χ1v) is 11.4. The monoisotopic (exact) mass is 423 g/mol. The summed E-state index contributed by atoms with van der Waals surface area (Å²) in [6.07, 6.45) is 5.74. The molecule has 1 atom stereocenters. The van der Waals surface area contributed by atoms with E-state index in [1.54, 1.807) is 19.2 Å². The Morgan fingerprint density at radius 1 is 1.24 bits per heavy atom. The molecular weight excluding hydrogens is 389 g/mol. The summed E-state index contributed by atoms with van der Waals surface area (Å²) in [5, 5.41) is 7.50. The second kappa shape index (κ2) is 11.1. The van der Waals surface area contributed by atoms with Crippen molar-refractivity contribution in [1.29, 1.82) is 0 Å². The molecule has 2 aliphatic rings. The first kappa shape index (κ1) is 22.3. The number of nitrogens with zero attached hydrogens (tertiary/aromatic N) is 3. The molecule has 1 aromatic carbocycles. The van der Waals surface area contributed by atoms with Crippen LogP contribution in [-0.2, 0) is 0 Å². The molecular formula is C22H35ClFN5. The second-order valence-electron chi connectivity index (χ2n) is 8.11. The predicted octanol–water partition coefficient (Wildman–Crippen LogP) is 3.66. The van der Waals surface area contributed by atoms with E-state index >= 15 is 0 Å². The zero-order chi connectivity index (χ0) is 20.6. The van der Waals surface area contributed by atoms with Gasteiger partial charge in [0, 0.05) is 43.3 Å². The number of guanidine groups is 1. The van der Waals surface area contributed by atoms with Crippen LogP contribution in [0.15, 0.2) is 23.2 Å². The Labute approximate surface area is 179 Å². The Kier molecular flexibility index (Phi) is 8.57. The molecule has 2 aliphatic heterocycles. The van der Waals surface area contributed by atoms with Gasteiger partial charge in [-0.15, -0.1) is 0 Å². The van der Waals surface area contributed by atoms with Crippen molar-refractivity contribution >= 4 is 17.6 Å². The van der Waals surface area contributed by atoms with E-state index in [-0.39, 0.29) is 11.9 Å². The van der Waals surface area contributed by atoms with Gasteiger partial charge >= 0.3 is 0 Å². The van der Waals surface area contributed by atoms with E-state index in [9.17, 15) is 4.39 Å². The maximum atomic E-state index is 14.6. The first-order valence-electron chi connectivity index (χ1n) is 11.0. The van der Waals surface area contributed by atoms with Gasteiger partial charge in [0.2, 0.25) is 0 Å². The van der Waals surface area contributed by atoms with E-state index in [0.717, 1.165) is 57.8 Å². The Hall–Kier alpha value is -1.37. The van der Waals surface area contributed by atoms with Crippen LogP contribution in [0, 0.1) is 5.82 Å². The van der Waals surface area contributed by atoms with Crippen LogP contribution >= 0.6 is 11.6 Å². The van der Waals surface area contributed by atoms with Crippen molar-refractivity contribution in [2.24, 2.45) is 4.99 Å². The minimum Gasteiger partial charge on any atom is -0.354 e. The highest BCUT2D eigenvalue weighted by atomic mass is 35.5. The maximum Gasteiger partial charge on any atom is 0.191 e. The van der Waals surface area contributed by atoms with Gasteiger partial charge in [-0.25, -0.2) is 4.39 Å². The van der Waals surface area contributed by atoms with Crippen LogP contribution in [0.4, 0.5) is 4.39 Å². The fraction of sp³-hybridized carbons (Fsp3) is 0.682. The van der Waals surface area contributed by atoms with E-state index < -0.39 is 0 Å². The first-order chi connectivity index (χ1) is 14.1. The molecule has 2 heterocycles. The highest BCUT2D eigenvalue weighted by Gasteiger charge is 2.28. The number of piperidine rings is 1. The minimum absolute atomic E-state index is 0.101. The summed E-state index contributed by atoms with van der Waals surface area (Å²) in [5.74, 6) is 0.554. The van der Waals surface area contributed by atoms with Gasteiger partial charge in [-0.2, -0.15) is 0 Å². The number of rotatable bonds is 7. The summed E-state index contributed by atoms with van der Waals surface area (Å²) in [7, 11) is 1.79. The van der Waals surface area contributed by atoms with Crippen LogP contribution in [0.25, 0.3) is 0 Å². The summed E-state index contributed by atoms with van der Waals surface area (Å²) >= 11 is 6.40. The molecule has 162 valence electrons. The zero-order valence-electron chi connectivity index (χ0n) is 17.8. The lowest BCUT2D eigenvalue weighted by Gasteiger charge is -2.33. The molecule has 0 aromatic heterocycles. The lowest BCUT2D eigenvalue weighted by molar-refractivity contribution is 0.205. The lowest BCUT2D eigenvalue weighted by atomic mass is 10.0. The van der Waals surface area contributed by atoms with Crippen molar-refractivity contribution in [2.45, 2.75) is 51.1 Å². The molecule has 1 unspecified atom stereocenters. The number of hydrogen-bond acceptors (Lipinski definition) is 3. The van der Waals surface area contributed by atoms with Crippen LogP contribution in [-0.4, -0.2) is 68.1 Å². The van der Waals surface area contributed by atoms with E-state index in [1.807, 2.05) is 0 Å². The largest absolute Gasteiger partial charge is 0.354 e. The van der Waals surface area contributed by atoms with Crippen LogP contribution in [0.2, 0.25) is 5.02 Å². The van der Waals surface area contributed by atoms with Crippen LogP contribution in [0.5, 0.6) is 0 Å². The van der Waals surface area contributed by atoms with Crippen molar-refractivity contribution in [2.75, 3.05) is 46.3 Å². The SMILES string of the molecule is CCCN1CCC(NC(=NC)NCC(c2c(F)cccc2Cl)N2CCCC2)CC1. The summed E-state index contributed by atoms with van der Waals surface area (Å²) < 4.78 is 14.6. The molecule has 2 saturated heterocycles. The van der Waals surface area contributed by atoms with Crippen molar-refractivity contribution < 1.29 is 4.39 Å². The zero-order valence-corrected chi connectivity index (χ0v) is 18.5. The molecule has 7 heteroatoms. The normalized spacial score (nSPS) is 20.8. The highest BCUT2D eigenvalue weighted by Crippen LogP contribution is 2.31. The van der Waals surface area contributed by atoms with Gasteiger partial charge in [0.05, 0.1) is 6.04 Å². The van der Waals surface area contributed by atoms with Gasteiger partial charge in [-0.1, -0.05) is 24.6 Å². The molecule has 0 saturated carbocycles. The molecule has 0 amide bonds. The van der Waals surface area contributed by atoms with Crippen LogP contribution in [0.1, 0.15) is 50.6 Å². The lowest BCUT2D eigenvalue weighted by Crippen LogP contribution is -2.50. The molecule has 0 spiro atoms. The Balaban J connectivity index is 1.61. The fourth-order valence-corrected chi connectivity index (χ4v) is 4.78. The Morgan fingerprint density at radius 3 is 2.59 bits per heavy atom. The molecule has 3 rings (SSSR count). The molecule has 5 nitrogen and oxygen atoms in total. The number of hydrogen-bond donors (Lipinski definition) is 2. The minimum atomic E-state index is -0.234. The van der Waals surface area contributed by atoms with Crippen molar-refractivity contribution in [3.05, 3.63) is 34.6 Å². The predicted molar refractivity (Wildman–Crippen MR) is 119 cm³/mol. The van der Waals surface area contributed by atoms with Crippen molar-refractivity contribution in [3.8, 4) is 0 Å². The van der Waals surface area contributed by atoms with Gasteiger partial charge in [0.1, 0.15) is 5.82 Å². The summed E-state index contributed by atoms with van der Waals surface area (Å²) in [5.41, 5.74) is 0.590. The van der Waals surface area contributed by atoms with Gasteiger partial charge < -0.3 is 15.5 Å². The summed E-state index contributed by atoms with van der Waals surface area (Å²) in [4.78, 5) is 9.26. The Bertz CT molecular complexity index is 649. The molecule has 0 aliphatic carbocycles. The smallest absolute Gasteiger partial charge is 0.191 e. The number of halogens is 2. The van der Waals surface area contributed by atoms with Gasteiger partial charge in [0.15, 0.2) is 5.96 Å². The average molecular weight is 424 g/mol. The van der Waals surface area contributed by atoms with E-state index in [0.29, 0.717) is 23.2 Å². The summed E-state index contributed by atoms with van der Waals surface area (Å²) in [6.45, 7) is 8.19. The number of benzene rings is 1. The van der Waals surface area contributed by atoms with Gasteiger partial charge in [-0.3, -0.25) is 9.89 Å². The molecule has 0 bridgehead atoms. The van der Waals surface area contributed by atoms with Crippen LogP contribution < -0.4 is 10.6 Å². The van der Waals surface area contributed by atoms with Gasteiger partial charge in [-0.05, 0) is 63.9 Å². The quantitative estimate of drug-likeness (QED) is 0.519. The standard InChI is InChI=1S/C22H35ClFN5/c1-3-11-28-14-9-17(10-15-28)27-22(25-2)26-16-20(29-12-4-5-13-29)21-18(23)7-6-8-19(21)24/h6-8,17,20H,3-5,9-16H2,1-2H3,(H2,25,26,27). The molecule has 0 radical (unpaired) electrons. The van der Waals surface area contributed by atoms with Crippen molar-refractivity contribution in [3.63, 3.8) is 0 Å². The van der Waals surface area contributed by atoms with E-state index in [4.69, 9.17) is 11.6 Å². The molecule has 29 heavy (non-hydrogen) atoms. The topological polar surface area (TPSA) is 42.9 Å². The Morgan fingerprint density at radius 2 is 1.97 bits per heavy atom. The molecule has 1 aromatic rings. The summed E-state index contributed by atoms with van der Waals surface area (Å²) in [6, 6.07) is 5.27. The number of likely N-dealkylation sites (tertiary alicyclic amines) is 2. The van der Waals surface area contributed by atoms with E-state index in [1.165, 1.54) is 19.0 Å². The maximum absolute atomic E-state index is 14.6. The van der Waals surface area contributed by atoms with Crippen molar-refractivity contribution in [1.82, 2.24) is 20.4 Å². The number of aliphatic imine (C=N–C) groups is 1.